The molecule has 0 amide bonds. The second-order valence-corrected chi connectivity index (χ2v) is 2.73. The van der Waals surface area contributed by atoms with E-state index in [1.807, 2.05) is 0 Å². The Labute approximate surface area is 71.1 Å². The number of aliphatic hydroxyl groups excluding tert-OH is 2. The monoisotopic (exact) mass is 180 g/mol. The van der Waals surface area contributed by atoms with Crippen molar-refractivity contribution in [1.29, 1.82) is 0 Å². The molecule has 0 aliphatic carbocycles. The maximum Gasteiger partial charge on any atom is 0.167 e. The Morgan fingerprint density at radius 2 is 1.60 bits per heavy atom. The third-order valence-electron chi connectivity index (χ3n) is 0.998. The molecule has 0 aromatic rings. The zero-order chi connectivity index (χ0) is 7.98. The zero-order valence-electron chi connectivity index (χ0n) is 5.49. The summed E-state index contributed by atoms with van der Waals surface area (Å²) in [5.41, 5.74) is 0. The molecule has 0 aliphatic rings. The second-order valence-electron chi connectivity index (χ2n) is 1.70. The smallest absolute Gasteiger partial charge is 0.167 e. The van der Waals surface area contributed by atoms with Gasteiger partial charge in [-0.15, -0.1) is 0 Å². The van der Waals surface area contributed by atoms with Gasteiger partial charge in [-0.2, -0.15) is 0 Å². The van der Waals surface area contributed by atoms with E-state index in [4.69, 9.17) is 10.2 Å². The number of hydrogen-bond donors (Lipinski definition) is 2. The highest BCUT2D eigenvalue weighted by molar-refractivity contribution is 8.10. The predicted octanol–water partition coefficient (Wildman–Crippen LogP) is -0.245. The molecule has 0 bridgehead atoms. The molecule has 1 radical (unpaired) electrons. The second kappa shape index (κ2) is 5.79. The van der Waals surface area contributed by atoms with E-state index in [0.29, 0.717) is 17.4 Å². The first kappa shape index (κ1) is 10.0. The fourth-order valence-corrected chi connectivity index (χ4v) is 0.901. The van der Waals surface area contributed by atoms with E-state index in [1.54, 1.807) is 4.90 Å². The molecule has 0 aromatic carbocycles. The van der Waals surface area contributed by atoms with Crippen LogP contribution < -0.4 is 0 Å². The van der Waals surface area contributed by atoms with Gasteiger partial charge in [-0.25, -0.2) is 0 Å². The Morgan fingerprint density at radius 3 is 1.80 bits per heavy atom. The number of hydrogen-bond acceptors (Lipinski definition) is 3. The SMILES string of the molecule is OCCN(CCO)C([S])=S. The van der Waals surface area contributed by atoms with Gasteiger partial charge in [-0.1, -0.05) is 0 Å². The number of aliphatic hydroxyl groups is 2. The van der Waals surface area contributed by atoms with Gasteiger partial charge < -0.3 is 15.1 Å². The van der Waals surface area contributed by atoms with Crippen LogP contribution in [0.4, 0.5) is 0 Å². The zero-order valence-corrected chi connectivity index (χ0v) is 7.12. The van der Waals surface area contributed by atoms with Gasteiger partial charge in [0.2, 0.25) is 0 Å². The molecule has 10 heavy (non-hydrogen) atoms. The third-order valence-corrected chi connectivity index (χ3v) is 1.51. The standard InChI is InChI=1S/C5H10NO2S2/c7-3-1-6(2-4-8)5(9)10/h7-8H,1-4H2. The minimum Gasteiger partial charge on any atom is -0.395 e. The Bertz CT molecular complexity index is 104. The Balaban J connectivity index is 3.61. The summed E-state index contributed by atoms with van der Waals surface area (Å²) >= 11 is 9.33. The molecule has 0 unspecified atom stereocenters. The number of thiocarbonyl (C=S) groups is 1. The first-order valence-electron chi connectivity index (χ1n) is 2.90. The van der Waals surface area contributed by atoms with Crippen LogP contribution in [0.3, 0.4) is 0 Å². The van der Waals surface area contributed by atoms with Gasteiger partial charge in [0.15, 0.2) is 4.32 Å². The molecule has 0 atom stereocenters. The van der Waals surface area contributed by atoms with E-state index < -0.39 is 0 Å². The summed E-state index contributed by atoms with van der Waals surface area (Å²) in [5.74, 6) is 0. The summed E-state index contributed by atoms with van der Waals surface area (Å²) in [6.45, 7) is 0.833. The highest BCUT2D eigenvalue weighted by Gasteiger charge is 2.03. The lowest BCUT2D eigenvalue weighted by Gasteiger charge is -2.18. The highest BCUT2D eigenvalue weighted by atomic mass is 32.1. The van der Waals surface area contributed by atoms with Crippen molar-refractivity contribution in [2.45, 2.75) is 0 Å². The van der Waals surface area contributed by atoms with E-state index in [0.717, 1.165) is 0 Å². The van der Waals surface area contributed by atoms with Crippen LogP contribution in [0.5, 0.6) is 0 Å². The third kappa shape index (κ3) is 3.94. The fraction of sp³-hybridized carbons (Fsp3) is 0.800. The lowest BCUT2D eigenvalue weighted by atomic mass is 10.5. The van der Waals surface area contributed by atoms with Gasteiger partial charge in [-0.3, -0.25) is 0 Å². The van der Waals surface area contributed by atoms with Crippen LogP contribution in [0.25, 0.3) is 0 Å². The summed E-state index contributed by atoms with van der Waals surface area (Å²) in [7, 11) is 0. The van der Waals surface area contributed by atoms with Crippen molar-refractivity contribution in [3.63, 3.8) is 0 Å². The lowest BCUT2D eigenvalue weighted by Crippen LogP contribution is -2.31. The molecule has 0 fully saturated rings. The molecular weight excluding hydrogens is 170 g/mol. The van der Waals surface area contributed by atoms with Crippen LogP contribution in [0.2, 0.25) is 0 Å². The Morgan fingerprint density at radius 1 is 1.20 bits per heavy atom. The fourth-order valence-electron chi connectivity index (χ4n) is 0.536. The average Bonchev–Trinajstić information content (AvgIpc) is 1.87. The van der Waals surface area contributed by atoms with Crippen LogP contribution in [0.15, 0.2) is 0 Å². The minimum absolute atomic E-state index is 0.0107. The summed E-state index contributed by atoms with van der Waals surface area (Å²) < 4.78 is 0.295. The molecular formula is C5H10NO2S2. The van der Waals surface area contributed by atoms with Gasteiger partial charge in [0.05, 0.1) is 13.2 Å². The van der Waals surface area contributed by atoms with Crippen molar-refractivity contribution in [3.05, 3.63) is 0 Å². The molecule has 2 N–H and O–H groups in total. The summed E-state index contributed by atoms with van der Waals surface area (Å²) in [5, 5.41) is 17.0. The quantitative estimate of drug-likeness (QED) is 0.586. The van der Waals surface area contributed by atoms with Gasteiger partial charge in [0, 0.05) is 13.1 Å². The van der Waals surface area contributed by atoms with E-state index in [9.17, 15) is 0 Å². The molecule has 0 aliphatic heterocycles. The molecule has 0 saturated carbocycles. The van der Waals surface area contributed by atoms with E-state index >= 15 is 0 Å². The van der Waals surface area contributed by atoms with Crippen molar-refractivity contribution in [2.24, 2.45) is 0 Å². The van der Waals surface area contributed by atoms with Crippen molar-refractivity contribution in [1.82, 2.24) is 4.90 Å². The summed E-state index contributed by atoms with van der Waals surface area (Å²) in [6, 6.07) is 0. The largest absolute Gasteiger partial charge is 0.395 e. The topological polar surface area (TPSA) is 43.7 Å². The molecule has 0 heterocycles. The lowest BCUT2D eigenvalue weighted by molar-refractivity contribution is 0.216. The Hall–Kier alpha value is 0.0300. The van der Waals surface area contributed by atoms with Gasteiger partial charge in [0.1, 0.15) is 0 Å². The Kier molecular flexibility index (Phi) is 5.81. The number of nitrogens with zero attached hydrogens (tertiary/aromatic N) is 1. The summed E-state index contributed by atoms with van der Waals surface area (Å²) in [4.78, 5) is 1.57. The van der Waals surface area contributed by atoms with E-state index in [1.165, 1.54) is 0 Å². The maximum absolute atomic E-state index is 8.48. The average molecular weight is 180 g/mol. The van der Waals surface area contributed by atoms with Gasteiger partial charge >= 0.3 is 0 Å². The summed E-state index contributed by atoms with van der Waals surface area (Å²) in [6.07, 6.45) is 0. The first-order chi connectivity index (χ1) is 4.72. The predicted molar refractivity (Wildman–Crippen MR) is 45.9 cm³/mol. The van der Waals surface area contributed by atoms with Crippen molar-refractivity contribution in [3.8, 4) is 0 Å². The molecule has 0 saturated heterocycles. The molecule has 3 nitrogen and oxygen atoms in total. The van der Waals surface area contributed by atoms with Gasteiger partial charge in [-0.05, 0) is 24.8 Å². The maximum atomic E-state index is 8.48. The van der Waals surface area contributed by atoms with E-state index in [2.05, 4.69) is 24.8 Å². The molecule has 59 valence electrons. The van der Waals surface area contributed by atoms with Crippen LogP contribution in [-0.4, -0.2) is 45.7 Å². The molecule has 5 heteroatoms. The van der Waals surface area contributed by atoms with Gasteiger partial charge in [0.25, 0.3) is 0 Å². The molecule has 0 rings (SSSR count). The minimum atomic E-state index is 0.0107. The number of rotatable bonds is 4. The van der Waals surface area contributed by atoms with Crippen LogP contribution in [0, 0.1) is 0 Å². The first-order valence-corrected chi connectivity index (χ1v) is 3.71. The highest BCUT2D eigenvalue weighted by Crippen LogP contribution is 1.94. The van der Waals surface area contributed by atoms with Crippen LogP contribution in [-0.2, 0) is 0 Å². The molecule has 0 spiro atoms. The van der Waals surface area contributed by atoms with Crippen molar-refractivity contribution < 1.29 is 10.2 Å². The van der Waals surface area contributed by atoms with Crippen molar-refractivity contribution >= 4 is 29.2 Å². The van der Waals surface area contributed by atoms with Crippen LogP contribution in [0.1, 0.15) is 0 Å². The van der Waals surface area contributed by atoms with E-state index in [-0.39, 0.29) is 13.2 Å². The van der Waals surface area contributed by atoms with Crippen LogP contribution >= 0.6 is 24.8 Å². The normalized spacial score (nSPS) is 9.40. The molecule has 0 aromatic heterocycles. The van der Waals surface area contributed by atoms with Crippen molar-refractivity contribution in [2.75, 3.05) is 26.3 Å².